The van der Waals surface area contributed by atoms with E-state index in [0.717, 1.165) is 30.8 Å². The monoisotopic (exact) mass is 437 g/mol. The van der Waals surface area contributed by atoms with E-state index in [0.29, 0.717) is 34.7 Å². The minimum absolute atomic E-state index is 0.00791. The molecule has 3 heterocycles. The topological polar surface area (TPSA) is 66.1 Å². The number of aryl methyl sites for hydroxylation is 1. The number of fused-ring (bicyclic) bond motifs is 1. The van der Waals surface area contributed by atoms with Crippen molar-refractivity contribution in [2.24, 2.45) is 0 Å². The predicted octanol–water partition coefficient (Wildman–Crippen LogP) is 4.15. The standard InChI is InChI=1S/C24H27N3O3S/c1-4-11-26-16(2)13-20(17(26)3)22(28)15-31-24-25-21-10-6-5-9-19(21)23(29)27(24)14-18-8-7-12-30-18/h4-6,9-10,13,18H,1,7-8,11-12,14-15H2,2-3H3. The molecule has 1 fully saturated rings. The number of carbonyl (C=O) groups excluding carboxylic acids is 1. The largest absolute Gasteiger partial charge is 0.376 e. The molecule has 2 aromatic heterocycles. The van der Waals surface area contributed by atoms with Crippen LogP contribution in [0.1, 0.15) is 34.6 Å². The zero-order valence-corrected chi connectivity index (χ0v) is 18.8. The number of hydrogen-bond donors (Lipinski definition) is 0. The van der Waals surface area contributed by atoms with Crippen molar-refractivity contribution in [2.75, 3.05) is 12.4 Å². The van der Waals surface area contributed by atoms with Gasteiger partial charge in [-0.3, -0.25) is 14.2 Å². The Labute approximate surface area is 185 Å². The molecule has 1 unspecified atom stereocenters. The minimum Gasteiger partial charge on any atom is -0.376 e. The van der Waals surface area contributed by atoms with Crippen LogP contribution in [0.4, 0.5) is 0 Å². The minimum atomic E-state index is -0.0831. The first-order valence-electron chi connectivity index (χ1n) is 10.5. The van der Waals surface area contributed by atoms with Gasteiger partial charge in [-0.2, -0.15) is 0 Å². The van der Waals surface area contributed by atoms with Crippen LogP contribution in [-0.4, -0.2) is 38.4 Å². The highest BCUT2D eigenvalue weighted by molar-refractivity contribution is 7.99. The van der Waals surface area contributed by atoms with Crippen LogP contribution in [0.3, 0.4) is 0 Å². The van der Waals surface area contributed by atoms with Crippen LogP contribution >= 0.6 is 11.8 Å². The third-order valence-electron chi connectivity index (χ3n) is 5.75. The van der Waals surface area contributed by atoms with E-state index in [-0.39, 0.29) is 23.2 Å². The van der Waals surface area contributed by atoms with Crippen molar-refractivity contribution in [3.63, 3.8) is 0 Å². The number of aromatic nitrogens is 3. The summed E-state index contributed by atoms with van der Waals surface area (Å²) < 4.78 is 9.51. The average molecular weight is 438 g/mol. The van der Waals surface area contributed by atoms with Crippen LogP contribution in [0.5, 0.6) is 0 Å². The van der Waals surface area contributed by atoms with Gasteiger partial charge in [0.2, 0.25) is 0 Å². The first-order valence-corrected chi connectivity index (χ1v) is 11.5. The number of allylic oxidation sites excluding steroid dienone is 1. The van der Waals surface area contributed by atoms with Gasteiger partial charge in [0.15, 0.2) is 10.9 Å². The van der Waals surface area contributed by atoms with Crippen LogP contribution in [0.25, 0.3) is 10.9 Å². The Bertz CT molecular complexity index is 1190. The van der Waals surface area contributed by atoms with Crippen molar-refractivity contribution < 1.29 is 9.53 Å². The van der Waals surface area contributed by atoms with Crippen molar-refractivity contribution in [3.05, 3.63) is 70.3 Å². The van der Waals surface area contributed by atoms with Gasteiger partial charge in [0.1, 0.15) is 0 Å². The molecule has 0 aliphatic carbocycles. The highest BCUT2D eigenvalue weighted by atomic mass is 32.2. The van der Waals surface area contributed by atoms with Gasteiger partial charge in [-0.15, -0.1) is 6.58 Å². The number of carbonyl (C=O) groups is 1. The maximum Gasteiger partial charge on any atom is 0.262 e. The Morgan fingerprint density at radius 2 is 2.13 bits per heavy atom. The third-order valence-corrected chi connectivity index (χ3v) is 6.73. The molecule has 1 atom stereocenters. The van der Waals surface area contributed by atoms with E-state index in [1.165, 1.54) is 11.8 Å². The molecule has 6 nitrogen and oxygen atoms in total. The summed E-state index contributed by atoms with van der Waals surface area (Å²) in [6.45, 7) is 9.59. The van der Waals surface area contributed by atoms with E-state index < -0.39 is 0 Å². The second kappa shape index (κ2) is 9.24. The van der Waals surface area contributed by atoms with E-state index in [1.54, 1.807) is 10.6 Å². The van der Waals surface area contributed by atoms with E-state index in [2.05, 4.69) is 11.1 Å². The molecule has 7 heteroatoms. The Balaban J connectivity index is 1.63. The number of hydrogen-bond acceptors (Lipinski definition) is 5. The second-order valence-corrected chi connectivity index (χ2v) is 8.80. The zero-order chi connectivity index (χ0) is 22.0. The highest BCUT2D eigenvalue weighted by Crippen LogP contribution is 2.23. The Morgan fingerprint density at radius 3 is 2.87 bits per heavy atom. The number of ketones is 1. The second-order valence-electron chi connectivity index (χ2n) is 7.86. The molecule has 0 spiro atoms. The fourth-order valence-corrected chi connectivity index (χ4v) is 5.00. The maximum absolute atomic E-state index is 13.2. The number of para-hydroxylation sites is 1. The van der Waals surface area contributed by atoms with Gasteiger partial charge in [0.25, 0.3) is 5.56 Å². The third kappa shape index (κ3) is 4.38. The molecule has 162 valence electrons. The molecule has 3 aromatic rings. The SMILES string of the molecule is C=CCn1c(C)cc(C(=O)CSc2nc3ccccc3c(=O)n2CC2CCCO2)c1C. The first kappa shape index (κ1) is 21.6. The lowest BCUT2D eigenvalue weighted by molar-refractivity contribution is 0.0937. The van der Waals surface area contributed by atoms with Crippen LogP contribution in [-0.2, 0) is 17.8 Å². The predicted molar refractivity (Wildman–Crippen MR) is 124 cm³/mol. The number of rotatable bonds is 8. The first-order chi connectivity index (χ1) is 15.0. The smallest absolute Gasteiger partial charge is 0.262 e. The molecular weight excluding hydrogens is 410 g/mol. The number of nitrogens with zero attached hydrogens (tertiary/aromatic N) is 3. The summed E-state index contributed by atoms with van der Waals surface area (Å²) in [4.78, 5) is 30.9. The summed E-state index contributed by atoms with van der Waals surface area (Å²) in [5, 5.41) is 1.15. The van der Waals surface area contributed by atoms with Gasteiger partial charge in [-0.05, 0) is 44.9 Å². The van der Waals surface area contributed by atoms with Crippen molar-refractivity contribution >= 4 is 28.4 Å². The number of thioether (sulfide) groups is 1. The molecular formula is C24H27N3O3S. The van der Waals surface area contributed by atoms with E-state index >= 15 is 0 Å². The highest BCUT2D eigenvalue weighted by Gasteiger charge is 2.22. The summed E-state index contributed by atoms with van der Waals surface area (Å²) in [5.41, 5.74) is 3.24. The van der Waals surface area contributed by atoms with E-state index in [4.69, 9.17) is 9.72 Å². The summed E-state index contributed by atoms with van der Waals surface area (Å²) in [5.74, 6) is 0.244. The molecule has 31 heavy (non-hydrogen) atoms. The van der Waals surface area contributed by atoms with Crippen molar-refractivity contribution in [1.29, 1.82) is 0 Å². The number of benzene rings is 1. The number of Topliss-reactive ketones (excluding diaryl/α,β-unsaturated/α-hetero) is 1. The Hall–Kier alpha value is -2.64. The molecule has 1 aliphatic rings. The van der Waals surface area contributed by atoms with Crippen molar-refractivity contribution in [3.8, 4) is 0 Å². The van der Waals surface area contributed by atoms with Gasteiger partial charge in [-0.1, -0.05) is 30.0 Å². The maximum atomic E-state index is 13.2. The molecule has 1 aromatic carbocycles. The van der Waals surface area contributed by atoms with Crippen LogP contribution < -0.4 is 5.56 Å². The van der Waals surface area contributed by atoms with Gasteiger partial charge in [0, 0.05) is 30.1 Å². The van der Waals surface area contributed by atoms with E-state index in [1.807, 2.05) is 44.2 Å². The fraction of sp³-hybridized carbons (Fsp3) is 0.375. The molecule has 0 N–H and O–H groups in total. The lowest BCUT2D eigenvalue weighted by atomic mass is 10.2. The molecule has 1 saturated heterocycles. The molecule has 1 aliphatic heterocycles. The number of ether oxygens (including phenoxy) is 1. The van der Waals surface area contributed by atoms with Crippen LogP contribution in [0.2, 0.25) is 0 Å². The van der Waals surface area contributed by atoms with Gasteiger partial charge < -0.3 is 9.30 Å². The van der Waals surface area contributed by atoms with Gasteiger partial charge >= 0.3 is 0 Å². The molecule has 0 bridgehead atoms. The zero-order valence-electron chi connectivity index (χ0n) is 18.0. The molecule has 0 amide bonds. The van der Waals surface area contributed by atoms with Gasteiger partial charge in [0.05, 0.1) is 29.3 Å². The fourth-order valence-electron chi connectivity index (χ4n) is 4.11. The van der Waals surface area contributed by atoms with Crippen LogP contribution in [0.15, 0.2) is 52.9 Å². The summed E-state index contributed by atoms with van der Waals surface area (Å²) in [6, 6.07) is 9.27. The van der Waals surface area contributed by atoms with E-state index in [9.17, 15) is 9.59 Å². The molecule has 0 saturated carbocycles. The lowest BCUT2D eigenvalue weighted by Crippen LogP contribution is -2.29. The summed E-state index contributed by atoms with van der Waals surface area (Å²) in [6.07, 6.45) is 3.76. The summed E-state index contributed by atoms with van der Waals surface area (Å²) >= 11 is 1.32. The van der Waals surface area contributed by atoms with Crippen molar-refractivity contribution in [1.82, 2.24) is 14.1 Å². The van der Waals surface area contributed by atoms with Crippen molar-refractivity contribution in [2.45, 2.75) is 51.0 Å². The summed E-state index contributed by atoms with van der Waals surface area (Å²) in [7, 11) is 0. The van der Waals surface area contributed by atoms with Crippen LogP contribution in [0, 0.1) is 13.8 Å². The molecule has 4 rings (SSSR count). The Kier molecular flexibility index (Phi) is 6.43. The van der Waals surface area contributed by atoms with Gasteiger partial charge in [-0.25, -0.2) is 4.98 Å². The average Bonchev–Trinajstić information content (AvgIpc) is 3.38. The normalized spacial score (nSPS) is 16.1. The Morgan fingerprint density at radius 1 is 1.32 bits per heavy atom. The quantitative estimate of drug-likeness (QED) is 0.229. The molecule has 0 radical (unpaired) electrons. The lowest BCUT2D eigenvalue weighted by Gasteiger charge is -2.16.